The molecule has 0 radical (unpaired) electrons. The van der Waals surface area contributed by atoms with Crippen LogP contribution in [0.25, 0.3) is 0 Å². The van der Waals surface area contributed by atoms with E-state index in [0.717, 1.165) is 23.1 Å². The van der Waals surface area contributed by atoms with Crippen molar-refractivity contribution in [3.8, 4) is 0 Å². The second kappa shape index (κ2) is 8.79. The van der Waals surface area contributed by atoms with Gasteiger partial charge in [0.15, 0.2) is 0 Å². The molecule has 2 amide bonds. The normalized spacial score (nSPS) is 20.2. The van der Waals surface area contributed by atoms with Crippen LogP contribution in [0.5, 0.6) is 0 Å². The van der Waals surface area contributed by atoms with Crippen LogP contribution in [-0.4, -0.2) is 52.2 Å². The molecule has 2 atom stereocenters. The summed E-state index contributed by atoms with van der Waals surface area (Å²) in [6.45, 7) is 2.06. The molecule has 0 aliphatic carbocycles. The van der Waals surface area contributed by atoms with Gasteiger partial charge in [-0.3, -0.25) is 14.0 Å². The van der Waals surface area contributed by atoms with E-state index in [2.05, 4.69) is 0 Å². The van der Waals surface area contributed by atoms with Gasteiger partial charge in [-0.05, 0) is 42.7 Å². The van der Waals surface area contributed by atoms with E-state index in [-0.39, 0.29) is 25.8 Å². The Labute approximate surface area is 186 Å². The van der Waals surface area contributed by atoms with Crippen molar-refractivity contribution in [1.29, 1.82) is 0 Å². The van der Waals surface area contributed by atoms with Crippen LogP contribution >= 0.6 is 0 Å². The first-order chi connectivity index (χ1) is 15.2. The van der Waals surface area contributed by atoms with E-state index in [1.165, 1.54) is 4.90 Å². The van der Waals surface area contributed by atoms with Gasteiger partial charge < -0.3 is 9.47 Å². The summed E-state index contributed by atoms with van der Waals surface area (Å²) < 4.78 is 37.8. The minimum atomic E-state index is -3.62. The maximum absolute atomic E-state index is 12.7. The van der Waals surface area contributed by atoms with Crippen molar-refractivity contribution in [2.45, 2.75) is 32.1 Å². The fourth-order valence-electron chi connectivity index (χ4n) is 3.87. The van der Waals surface area contributed by atoms with Crippen molar-refractivity contribution >= 4 is 33.7 Å². The Kier molecular flexibility index (Phi) is 6.07. The minimum absolute atomic E-state index is 0.0926. The highest BCUT2D eigenvalue weighted by Crippen LogP contribution is 2.36. The zero-order valence-electron chi connectivity index (χ0n) is 17.8. The number of carbonyl (C=O) groups excluding carboxylic acids is 2. The Morgan fingerprint density at radius 2 is 1.94 bits per heavy atom. The number of hydrogen-bond donors (Lipinski definition) is 0. The molecule has 2 aliphatic heterocycles. The molecule has 1 saturated heterocycles. The molecule has 2 heterocycles. The first-order valence-electron chi connectivity index (χ1n) is 10.2. The van der Waals surface area contributed by atoms with Crippen LogP contribution in [0.3, 0.4) is 0 Å². The van der Waals surface area contributed by atoms with E-state index < -0.39 is 28.4 Å². The third-order valence-electron chi connectivity index (χ3n) is 5.33. The lowest BCUT2D eigenvalue weighted by Gasteiger charge is -2.22. The number of carbonyl (C=O) groups is 2. The molecule has 4 rings (SSSR count). The van der Waals surface area contributed by atoms with Crippen molar-refractivity contribution in [3.63, 3.8) is 0 Å². The number of fused-ring (bicyclic) bond motifs is 1. The van der Waals surface area contributed by atoms with Gasteiger partial charge in [0.1, 0.15) is 19.3 Å². The van der Waals surface area contributed by atoms with E-state index in [9.17, 15) is 18.0 Å². The van der Waals surface area contributed by atoms with Gasteiger partial charge in [0.05, 0.1) is 18.5 Å². The smallest absolute Gasteiger partial charge is 0.414 e. The van der Waals surface area contributed by atoms with Gasteiger partial charge >= 0.3 is 12.2 Å². The number of rotatable bonds is 6. The molecular formula is C22H24N2O7S. The van der Waals surface area contributed by atoms with Gasteiger partial charge in [0.25, 0.3) is 10.1 Å². The summed E-state index contributed by atoms with van der Waals surface area (Å²) in [6.07, 6.45) is -0.120. The quantitative estimate of drug-likeness (QED) is 0.611. The summed E-state index contributed by atoms with van der Waals surface area (Å²) in [5, 5.41) is 0. The molecule has 9 nitrogen and oxygen atoms in total. The maximum Gasteiger partial charge on any atom is 0.414 e. The first-order valence-corrected chi connectivity index (χ1v) is 12.0. The topological polar surface area (TPSA) is 102 Å². The molecule has 2 aliphatic rings. The molecule has 0 aromatic heterocycles. The molecular weight excluding hydrogens is 436 g/mol. The SMILES string of the molecule is C[C@@H]1Cc2cc(N3C[C@H](COS(C)(=O)=O)OC3=O)ccc2N1C(=O)OCc1ccccc1. The van der Waals surface area contributed by atoms with Gasteiger partial charge in [-0.1, -0.05) is 30.3 Å². The number of anilines is 2. The van der Waals surface area contributed by atoms with Crippen LogP contribution in [0, 0.1) is 0 Å². The van der Waals surface area contributed by atoms with Gasteiger partial charge in [0, 0.05) is 11.7 Å². The van der Waals surface area contributed by atoms with Gasteiger partial charge in [0.2, 0.25) is 0 Å². The molecule has 2 aromatic carbocycles. The molecule has 10 heteroatoms. The lowest BCUT2D eigenvalue weighted by Crippen LogP contribution is -2.36. The third kappa shape index (κ3) is 4.86. The summed E-state index contributed by atoms with van der Waals surface area (Å²) in [4.78, 5) is 28.1. The van der Waals surface area contributed by atoms with Crippen molar-refractivity contribution in [1.82, 2.24) is 0 Å². The molecule has 0 saturated carbocycles. The zero-order chi connectivity index (χ0) is 22.9. The molecule has 0 spiro atoms. The standard InChI is InChI=1S/C22H24N2O7S/c1-15-10-17-11-18(23-12-19(31-21(23)25)14-30-32(2,27)28)8-9-20(17)24(15)22(26)29-13-16-6-4-3-5-7-16/h3-9,11,15,19H,10,12-14H2,1-2H3/t15-,19-/m1/s1. The van der Waals surface area contributed by atoms with Gasteiger partial charge in [-0.15, -0.1) is 0 Å². The molecule has 32 heavy (non-hydrogen) atoms. The van der Waals surface area contributed by atoms with Crippen LogP contribution in [-0.2, 0) is 36.8 Å². The second-order valence-corrected chi connectivity index (χ2v) is 9.53. The Morgan fingerprint density at radius 1 is 1.19 bits per heavy atom. The lowest BCUT2D eigenvalue weighted by atomic mass is 10.1. The van der Waals surface area contributed by atoms with Crippen LogP contribution in [0.15, 0.2) is 48.5 Å². The van der Waals surface area contributed by atoms with Crippen molar-refractivity contribution in [2.24, 2.45) is 0 Å². The molecule has 0 bridgehead atoms. The molecule has 0 N–H and O–H groups in total. The third-order valence-corrected chi connectivity index (χ3v) is 5.90. The number of benzene rings is 2. The van der Waals surface area contributed by atoms with E-state index in [1.807, 2.05) is 43.3 Å². The Bertz CT molecular complexity index is 1120. The van der Waals surface area contributed by atoms with Crippen LogP contribution in [0.2, 0.25) is 0 Å². The largest absolute Gasteiger partial charge is 0.444 e. The highest BCUT2D eigenvalue weighted by molar-refractivity contribution is 7.85. The first kappa shape index (κ1) is 22.1. The number of nitrogens with zero attached hydrogens (tertiary/aromatic N) is 2. The van der Waals surface area contributed by atoms with E-state index in [0.29, 0.717) is 12.1 Å². The van der Waals surface area contributed by atoms with Crippen molar-refractivity contribution in [3.05, 3.63) is 59.7 Å². The number of cyclic esters (lactones) is 1. The van der Waals surface area contributed by atoms with Crippen molar-refractivity contribution in [2.75, 3.05) is 29.2 Å². The number of hydrogen-bond acceptors (Lipinski definition) is 7. The van der Waals surface area contributed by atoms with E-state index in [4.69, 9.17) is 13.7 Å². The predicted molar refractivity (Wildman–Crippen MR) is 117 cm³/mol. The van der Waals surface area contributed by atoms with E-state index >= 15 is 0 Å². The van der Waals surface area contributed by atoms with E-state index in [1.54, 1.807) is 17.0 Å². The Morgan fingerprint density at radius 3 is 2.66 bits per heavy atom. The maximum atomic E-state index is 12.7. The monoisotopic (exact) mass is 460 g/mol. The molecule has 170 valence electrons. The summed E-state index contributed by atoms with van der Waals surface area (Å²) in [5.41, 5.74) is 3.17. The van der Waals surface area contributed by atoms with Crippen LogP contribution < -0.4 is 9.80 Å². The van der Waals surface area contributed by atoms with Crippen LogP contribution in [0.4, 0.5) is 21.0 Å². The average molecular weight is 461 g/mol. The second-order valence-electron chi connectivity index (χ2n) is 7.88. The van der Waals surface area contributed by atoms with Crippen molar-refractivity contribution < 1.29 is 31.7 Å². The molecule has 2 aromatic rings. The Hall–Kier alpha value is -3.11. The fraction of sp³-hybridized carbons (Fsp3) is 0.364. The minimum Gasteiger partial charge on any atom is -0.444 e. The zero-order valence-corrected chi connectivity index (χ0v) is 18.6. The Balaban J connectivity index is 1.44. The van der Waals surface area contributed by atoms with Gasteiger partial charge in [-0.2, -0.15) is 8.42 Å². The molecule has 1 fully saturated rings. The highest BCUT2D eigenvalue weighted by Gasteiger charge is 2.36. The number of amides is 2. The highest BCUT2D eigenvalue weighted by atomic mass is 32.2. The van der Waals surface area contributed by atoms with Gasteiger partial charge in [-0.25, -0.2) is 9.59 Å². The average Bonchev–Trinajstić information content (AvgIpc) is 3.29. The summed E-state index contributed by atoms with van der Waals surface area (Å²) in [7, 11) is -3.62. The van der Waals surface area contributed by atoms with Crippen LogP contribution in [0.1, 0.15) is 18.1 Å². The molecule has 0 unspecified atom stereocenters. The fourth-order valence-corrected chi connectivity index (χ4v) is 4.27. The number of ether oxygens (including phenoxy) is 2. The lowest BCUT2D eigenvalue weighted by molar-refractivity contribution is 0.107. The summed E-state index contributed by atoms with van der Waals surface area (Å²) >= 11 is 0. The predicted octanol–water partition coefficient (Wildman–Crippen LogP) is 3.08. The summed E-state index contributed by atoms with van der Waals surface area (Å²) in [6, 6.07) is 14.7. The summed E-state index contributed by atoms with van der Waals surface area (Å²) in [5.74, 6) is 0.